The molecule has 0 bridgehead atoms. The van der Waals surface area contributed by atoms with Gasteiger partial charge in [-0.25, -0.2) is 14.6 Å². The van der Waals surface area contributed by atoms with E-state index in [1.54, 1.807) is 17.0 Å². The van der Waals surface area contributed by atoms with Crippen LogP contribution in [0.2, 0.25) is 0 Å². The fourth-order valence-electron chi connectivity index (χ4n) is 3.69. The maximum Gasteiger partial charge on any atom is 0.410 e. The quantitative estimate of drug-likeness (QED) is 0.658. The average molecular weight is 404 g/mol. The second kappa shape index (κ2) is 7.44. The lowest BCUT2D eigenvalue weighted by molar-refractivity contribution is 0.0224. The van der Waals surface area contributed by atoms with Gasteiger partial charge in [0.1, 0.15) is 5.60 Å². The molecule has 2 heterocycles. The number of nitrogens with zero attached hydrogens (tertiary/aromatic N) is 2. The zero-order valence-electron chi connectivity index (χ0n) is 17.3. The lowest BCUT2D eigenvalue weighted by Gasteiger charge is -2.31. The molecular formula is C24H24N2O4. The monoisotopic (exact) mass is 404 g/mol. The van der Waals surface area contributed by atoms with Crippen LogP contribution in [0.15, 0.2) is 48.5 Å². The number of carboxylic acid groups (broad SMARTS) is 1. The molecule has 0 unspecified atom stereocenters. The lowest BCUT2D eigenvalue weighted by Crippen LogP contribution is -2.39. The summed E-state index contributed by atoms with van der Waals surface area (Å²) in [7, 11) is 0. The summed E-state index contributed by atoms with van der Waals surface area (Å²) >= 11 is 0. The largest absolute Gasteiger partial charge is 0.478 e. The van der Waals surface area contributed by atoms with E-state index in [0.29, 0.717) is 36.1 Å². The number of aromatic carboxylic acids is 1. The molecule has 0 saturated carbocycles. The predicted octanol–water partition coefficient (Wildman–Crippen LogP) is 4.89. The second-order valence-corrected chi connectivity index (χ2v) is 8.51. The zero-order valence-corrected chi connectivity index (χ0v) is 17.3. The Bertz CT molecular complexity index is 1150. The van der Waals surface area contributed by atoms with Crippen LogP contribution in [0.1, 0.15) is 42.3 Å². The molecule has 1 N–H and O–H groups in total. The van der Waals surface area contributed by atoms with Crippen LogP contribution in [0.5, 0.6) is 0 Å². The summed E-state index contributed by atoms with van der Waals surface area (Å²) in [6, 6.07) is 14.8. The van der Waals surface area contributed by atoms with Gasteiger partial charge in [0, 0.05) is 24.0 Å². The Morgan fingerprint density at radius 3 is 2.57 bits per heavy atom. The highest BCUT2D eigenvalue weighted by molar-refractivity contribution is 6.03. The SMILES string of the molecule is CC(C)(C)OC(=O)N1CCc2cc(-c3cc(C(=O)O)c4ccccc4n3)ccc2C1. The molecule has 0 aliphatic carbocycles. The third-order valence-corrected chi connectivity index (χ3v) is 5.11. The van der Waals surface area contributed by atoms with E-state index in [-0.39, 0.29) is 11.7 Å². The Morgan fingerprint density at radius 2 is 1.83 bits per heavy atom. The van der Waals surface area contributed by atoms with Crippen molar-refractivity contribution in [3.05, 3.63) is 65.2 Å². The van der Waals surface area contributed by atoms with Gasteiger partial charge in [-0.05, 0) is 56.5 Å². The minimum Gasteiger partial charge on any atom is -0.478 e. The molecule has 0 saturated heterocycles. The van der Waals surface area contributed by atoms with E-state index in [9.17, 15) is 14.7 Å². The number of hydrogen-bond donors (Lipinski definition) is 1. The van der Waals surface area contributed by atoms with Gasteiger partial charge < -0.3 is 14.7 Å². The summed E-state index contributed by atoms with van der Waals surface area (Å²) in [6.07, 6.45) is 0.404. The van der Waals surface area contributed by atoms with E-state index >= 15 is 0 Å². The first-order chi connectivity index (χ1) is 14.2. The molecule has 0 radical (unpaired) electrons. The van der Waals surface area contributed by atoms with Gasteiger partial charge >= 0.3 is 12.1 Å². The summed E-state index contributed by atoms with van der Waals surface area (Å²) in [4.78, 5) is 30.5. The topological polar surface area (TPSA) is 79.7 Å². The van der Waals surface area contributed by atoms with Crippen LogP contribution in [-0.4, -0.2) is 39.2 Å². The lowest BCUT2D eigenvalue weighted by atomic mass is 9.95. The fourth-order valence-corrected chi connectivity index (χ4v) is 3.69. The molecule has 1 aliphatic heterocycles. The maximum atomic E-state index is 12.4. The number of amides is 1. The Balaban J connectivity index is 1.65. The summed E-state index contributed by atoms with van der Waals surface area (Å²) in [5.74, 6) is -0.971. The summed E-state index contributed by atoms with van der Waals surface area (Å²) in [6.45, 7) is 6.65. The van der Waals surface area contributed by atoms with E-state index < -0.39 is 11.6 Å². The van der Waals surface area contributed by atoms with Crippen molar-refractivity contribution in [2.24, 2.45) is 0 Å². The third-order valence-electron chi connectivity index (χ3n) is 5.11. The molecule has 3 aromatic rings. The van der Waals surface area contributed by atoms with Crippen LogP contribution >= 0.6 is 0 Å². The predicted molar refractivity (Wildman–Crippen MR) is 114 cm³/mol. The van der Waals surface area contributed by atoms with Gasteiger partial charge in [0.2, 0.25) is 0 Å². The van der Waals surface area contributed by atoms with Gasteiger partial charge in [0.25, 0.3) is 0 Å². The molecule has 1 aromatic heterocycles. The first-order valence-electron chi connectivity index (χ1n) is 9.94. The van der Waals surface area contributed by atoms with E-state index in [0.717, 1.165) is 16.7 Å². The zero-order chi connectivity index (χ0) is 21.5. The number of pyridine rings is 1. The number of benzene rings is 2. The number of aromatic nitrogens is 1. The number of carbonyl (C=O) groups is 2. The van der Waals surface area contributed by atoms with Crippen molar-refractivity contribution in [1.29, 1.82) is 0 Å². The van der Waals surface area contributed by atoms with Gasteiger partial charge in [0.15, 0.2) is 0 Å². The molecule has 4 rings (SSSR count). The summed E-state index contributed by atoms with van der Waals surface area (Å²) < 4.78 is 5.48. The molecule has 0 fully saturated rings. The molecule has 6 heteroatoms. The van der Waals surface area contributed by atoms with Gasteiger partial charge in [-0.3, -0.25) is 0 Å². The normalized spacial score (nSPS) is 13.8. The van der Waals surface area contributed by atoms with Crippen LogP contribution in [0.25, 0.3) is 22.2 Å². The van der Waals surface area contributed by atoms with Gasteiger partial charge in [-0.1, -0.05) is 30.3 Å². The van der Waals surface area contributed by atoms with Crippen molar-refractivity contribution in [1.82, 2.24) is 9.88 Å². The maximum absolute atomic E-state index is 12.4. The average Bonchev–Trinajstić information content (AvgIpc) is 2.70. The molecule has 1 amide bonds. The van der Waals surface area contributed by atoms with Crippen LogP contribution in [0.3, 0.4) is 0 Å². The van der Waals surface area contributed by atoms with Crippen LogP contribution in [0.4, 0.5) is 4.79 Å². The summed E-state index contributed by atoms with van der Waals surface area (Å²) in [5, 5.41) is 10.3. The molecule has 30 heavy (non-hydrogen) atoms. The first kappa shape index (κ1) is 19.9. The van der Waals surface area contributed by atoms with E-state index in [1.165, 1.54) is 0 Å². The van der Waals surface area contributed by atoms with Crippen LogP contribution in [-0.2, 0) is 17.7 Å². The van der Waals surface area contributed by atoms with Gasteiger partial charge in [-0.15, -0.1) is 0 Å². The third kappa shape index (κ3) is 3.99. The fraction of sp³-hybridized carbons (Fsp3) is 0.292. The smallest absolute Gasteiger partial charge is 0.410 e. The van der Waals surface area contributed by atoms with Crippen molar-refractivity contribution >= 4 is 23.0 Å². The minimum atomic E-state index is -0.971. The number of rotatable bonds is 2. The first-order valence-corrected chi connectivity index (χ1v) is 9.94. The minimum absolute atomic E-state index is 0.240. The van der Waals surface area contributed by atoms with Gasteiger partial charge in [0.05, 0.1) is 16.8 Å². The van der Waals surface area contributed by atoms with E-state index in [4.69, 9.17) is 4.74 Å². The van der Waals surface area contributed by atoms with Crippen molar-refractivity contribution in [3.63, 3.8) is 0 Å². The van der Waals surface area contributed by atoms with E-state index in [1.807, 2.05) is 57.2 Å². The molecule has 2 aromatic carbocycles. The number of ether oxygens (including phenoxy) is 1. The van der Waals surface area contributed by atoms with Crippen molar-refractivity contribution in [2.75, 3.05) is 6.54 Å². The highest BCUT2D eigenvalue weighted by Gasteiger charge is 2.26. The van der Waals surface area contributed by atoms with Crippen molar-refractivity contribution in [3.8, 4) is 11.3 Å². The molecule has 1 aliphatic rings. The molecule has 154 valence electrons. The Hall–Kier alpha value is -3.41. The number of carbonyl (C=O) groups excluding carboxylic acids is 1. The standard InChI is InChI=1S/C24H24N2O4/c1-24(2,3)30-23(29)26-11-10-15-12-16(8-9-17(15)14-26)21-13-19(22(27)28)18-6-4-5-7-20(18)25-21/h4-9,12-13H,10-11,14H2,1-3H3,(H,27,28). The van der Waals surface area contributed by atoms with Crippen molar-refractivity contribution in [2.45, 2.75) is 39.3 Å². The van der Waals surface area contributed by atoms with Crippen LogP contribution in [0, 0.1) is 0 Å². The highest BCUT2D eigenvalue weighted by atomic mass is 16.6. The Kier molecular flexibility index (Phi) is 4.94. The highest BCUT2D eigenvalue weighted by Crippen LogP contribution is 2.29. The Labute approximate surface area is 175 Å². The molecular weight excluding hydrogens is 380 g/mol. The molecule has 6 nitrogen and oxygen atoms in total. The van der Waals surface area contributed by atoms with Gasteiger partial charge in [-0.2, -0.15) is 0 Å². The van der Waals surface area contributed by atoms with Crippen molar-refractivity contribution < 1.29 is 19.4 Å². The Morgan fingerprint density at radius 1 is 1.07 bits per heavy atom. The number of para-hydroxylation sites is 1. The van der Waals surface area contributed by atoms with Crippen LogP contribution < -0.4 is 0 Å². The summed E-state index contributed by atoms with van der Waals surface area (Å²) in [5.41, 5.74) is 4.07. The number of fused-ring (bicyclic) bond motifs is 2. The molecule has 0 atom stereocenters. The van der Waals surface area contributed by atoms with E-state index in [2.05, 4.69) is 4.98 Å². The number of carboxylic acids is 1. The second-order valence-electron chi connectivity index (χ2n) is 8.51. The molecule has 0 spiro atoms. The number of hydrogen-bond acceptors (Lipinski definition) is 4.